The number of hydrogen-bond donors (Lipinski definition) is 3. The van der Waals surface area contributed by atoms with Crippen LogP contribution in [0.5, 0.6) is 5.75 Å². The predicted octanol–water partition coefficient (Wildman–Crippen LogP) is -0.389. The Balaban J connectivity index is 0. The molecule has 0 aliphatic heterocycles. The Morgan fingerprint density at radius 1 is 1.03 bits per heavy atom. The molecule has 2 aromatic carbocycles. The SMILES string of the molecule is Nc1c(C(=O)O)cc(F)cc1[N+](=O)[O-].O=COc1cc(F)cc([N+](=O)[O-])c1NC(=O)C(F)(F)F.[Na+].[OH-]. The van der Waals surface area contributed by atoms with Crippen LogP contribution in [0.4, 0.5) is 44.7 Å². The van der Waals surface area contributed by atoms with Crippen molar-refractivity contribution in [1.82, 2.24) is 0 Å². The number of hydrogen-bond acceptors (Lipinski definition) is 10. The molecule has 0 heterocycles. The molecule has 0 unspecified atom stereocenters. The van der Waals surface area contributed by atoms with E-state index in [9.17, 15) is 56.6 Å². The van der Waals surface area contributed by atoms with Gasteiger partial charge in [0.1, 0.15) is 17.3 Å². The molecule has 0 saturated carbocycles. The number of nitro benzene ring substituents is 2. The standard InChI is InChI=1S/C9H4F4N2O5.C7H5FN2O4.Na.H2O/c10-4-1-5(15(18)19)7(6(2-4)20-3-16)14-8(17)9(11,12)13;8-3-1-4(7(11)12)6(9)5(2-3)10(13)14;;/h1-3H,(H,14,17);1-2H,9H2,(H,11,12);;1H2/q;;+1;/p-1. The van der Waals surface area contributed by atoms with E-state index in [1.165, 1.54) is 0 Å². The number of carbonyl (C=O) groups excluding carboxylic acids is 2. The average molecular weight is 536 g/mol. The van der Waals surface area contributed by atoms with E-state index >= 15 is 0 Å². The van der Waals surface area contributed by atoms with Crippen molar-refractivity contribution in [1.29, 1.82) is 0 Å². The normalized spacial score (nSPS) is 9.81. The Morgan fingerprint density at radius 2 is 1.50 bits per heavy atom. The zero-order valence-corrected chi connectivity index (χ0v) is 19.4. The van der Waals surface area contributed by atoms with Gasteiger partial charge in [-0.2, -0.15) is 13.2 Å². The number of carbonyl (C=O) groups is 3. The minimum atomic E-state index is -5.33. The number of rotatable bonds is 6. The van der Waals surface area contributed by atoms with E-state index in [1.807, 2.05) is 0 Å². The smallest absolute Gasteiger partial charge is 0.870 e. The number of aromatic carboxylic acids is 1. The monoisotopic (exact) mass is 536 g/mol. The van der Waals surface area contributed by atoms with Crippen LogP contribution in [0, 0.1) is 31.9 Å². The van der Waals surface area contributed by atoms with Crippen LogP contribution in [0.25, 0.3) is 0 Å². The molecule has 0 bridgehead atoms. The molecular formula is C16H10F5N4NaO10. The Hall–Kier alpha value is -3.94. The number of halogens is 5. The van der Waals surface area contributed by atoms with Crippen LogP contribution in [0.2, 0.25) is 0 Å². The number of nitrogens with one attached hydrogen (secondary N) is 1. The third-order valence-electron chi connectivity index (χ3n) is 3.46. The molecule has 2 rings (SSSR count). The van der Waals surface area contributed by atoms with Gasteiger partial charge >= 0.3 is 47.6 Å². The van der Waals surface area contributed by atoms with Gasteiger partial charge in [-0.3, -0.25) is 29.8 Å². The van der Waals surface area contributed by atoms with Gasteiger partial charge in [0.25, 0.3) is 17.8 Å². The quantitative estimate of drug-likeness (QED) is 0.107. The van der Waals surface area contributed by atoms with Gasteiger partial charge in [-0.25, -0.2) is 13.6 Å². The molecule has 20 heteroatoms. The first kappa shape index (κ1) is 34.2. The van der Waals surface area contributed by atoms with E-state index in [4.69, 9.17) is 10.8 Å². The zero-order chi connectivity index (χ0) is 26.4. The minimum Gasteiger partial charge on any atom is -0.870 e. The summed E-state index contributed by atoms with van der Waals surface area (Å²) in [4.78, 5) is 50.1. The van der Waals surface area contributed by atoms with Crippen molar-refractivity contribution in [2.75, 3.05) is 11.1 Å². The van der Waals surface area contributed by atoms with Crippen molar-refractivity contribution in [3.05, 3.63) is 61.7 Å². The first-order chi connectivity index (χ1) is 15.6. The summed E-state index contributed by atoms with van der Waals surface area (Å²) >= 11 is 0. The van der Waals surface area contributed by atoms with Gasteiger partial charge in [0.15, 0.2) is 11.4 Å². The number of amides is 1. The number of nitrogens with two attached hydrogens (primary N) is 1. The maximum atomic E-state index is 13.0. The second-order valence-corrected chi connectivity index (χ2v) is 5.67. The summed E-state index contributed by atoms with van der Waals surface area (Å²) in [7, 11) is 0. The molecule has 0 fully saturated rings. The van der Waals surface area contributed by atoms with Crippen LogP contribution in [0.3, 0.4) is 0 Å². The van der Waals surface area contributed by atoms with Gasteiger partial charge < -0.3 is 26.4 Å². The summed E-state index contributed by atoms with van der Waals surface area (Å²) in [5.74, 6) is -7.22. The second kappa shape index (κ2) is 13.8. The number of anilines is 2. The van der Waals surface area contributed by atoms with E-state index in [2.05, 4.69) is 4.74 Å². The Kier molecular flexibility index (Phi) is 13.1. The van der Waals surface area contributed by atoms with E-state index < -0.39 is 73.6 Å². The zero-order valence-electron chi connectivity index (χ0n) is 17.4. The Labute approximate surface area is 216 Å². The van der Waals surface area contributed by atoms with Crippen molar-refractivity contribution >= 4 is 41.1 Å². The van der Waals surface area contributed by atoms with Gasteiger partial charge in [0.05, 0.1) is 27.5 Å². The molecule has 0 radical (unpaired) electrons. The van der Waals surface area contributed by atoms with Crippen molar-refractivity contribution < 1.29 is 91.1 Å². The molecule has 5 N–H and O–H groups in total. The number of ether oxygens (including phenoxy) is 1. The summed E-state index contributed by atoms with van der Waals surface area (Å²) in [6, 6.07) is 1.88. The topological polar surface area (TPSA) is 235 Å². The minimum absolute atomic E-state index is 0. The van der Waals surface area contributed by atoms with Crippen molar-refractivity contribution in [2.24, 2.45) is 0 Å². The van der Waals surface area contributed by atoms with Crippen LogP contribution < -0.4 is 45.3 Å². The molecule has 0 aliphatic carbocycles. The van der Waals surface area contributed by atoms with Crippen molar-refractivity contribution in [3.8, 4) is 5.75 Å². The third kappa shape index (κ3) is 9.02. The van der Waals surface area contributed by atoms with E-state index in [1.54, 1.807) is 0 Å². The molecule has 0 atom stereocenters. The van der Waals surface area contributed by atoms with Crippen molar-refractivity contribution in [2.45, 2.75) is 6.18 Å². The maximum Gasteiger partial charge on any atom is 1.00 e. The second-order valence-electron chi connectivity index (χ2n) is 5.67. The molecule has 2 aromatic rings. The van der Waals surface area contributed by atoms with Crippen LogP contribution in [-0.2, 0) is 9.59 Å². The van der Waals surface area contributed by atoms with Gasteiger partial charge in [0, 0.05) is 6.07 Å². The first-order valence-corrected chi connectivity index (χ1v) is 8.03. The summed E-state index contributed by atoms with van der Waals surface area (Å²) in [5, 5.41) is 30.6. The third-order valence-corrected chi connectivity index (χ3v) is 3.46. The van der Waals surface area contributed by atoms with Crippen LogP contribution in [0.15, 0.2) is 24.3 Å². The molecule has 0 aromatic heterocycles. The van der Waals surface area contributed by atoms with Gasteiger partial charge in [-0.05, 0) is 6.07 Å². The molecule has 0 spiro atoms. The van der Waals surface area contributed by atoms with E-state index in [0.29, 0.717) is 18.2 Å². The van der Waals surface area contributed by atoms with Gasteiger partial charge in [-0.1, -0.05) is 0 Å². The number of carboxylic acid groups (broad SMARTS) is 1. The average Bonchev–Trinajstić information content (AvgIpc) is 2.70. The number of carboxylic acids is 1. The number of nitrogens with zero attached hydrogens (tertiary/aromatic N) is 2. The van der Waals surface area contributed by atoms with E-state index in [-0.39, 0.29) is 47.6 Å². The predicted molar refractivity (Wildman–Crippen MR) is 101 cm³/mol. The fourth-order valence-electron chi connectivity index (χ4n) is 2.10. The van der Waals surface area contributed by atoms with Crippen LogP contribution >= 0.6 is 0 Å². The number of nitro groups is 2. The number of alkyl halides is 3. The molecule has 14 nitrogen and oxygen atoms in total. The van der Waals surface area contributed by atoms with Crippen LogP contribution in [0.1, 0.15) is 10.4 Å². The fraction of sp³-hybridized carbons (Fsp3) is 0.0625. The summed E-state index contributed by atoms with van der Waals surface area (Å²) in [6.45, 7) is -0.290. The van der Waals surface area contributed by atoms with Crippen molar-refractivity contribution in [3.63, 3.8) is 0 Å². The Bertz CT molecular complexity index is 1140. The van der Waals surface area contributed by atoms with Gasteiger partial charge in [-0.15, -0.1) is 0 Å². The Morgan fingerprint density at radius 3 is 1.92 bits per heavy atom. The molecule has 190 valence electrons. The fourth-order valence-corrected chi connectivity index (χ4v) is 2.10. The molecule has 0 saturated heterocycles. The molecule has 1 amide bonds. The summed E-state index contributed by atoms with van der Waals surface area (Å²) in [5.41, 5.74) is 0.978. The summed E-state index contributed by atoms with van der Waals surface area (Å²) < 4.78 is 66.1. The molecular weight excluding hydrogens is 526 g/mol. The van der Waals surface area contributed by atoms with Gasteiger partial charge in [0.2, 0.25) is 0 Å². The number of nitrogen functional groups attached to an aromatic ring is 1. The number of benzene rings is 2. The largest absolute Gasteiger partial charge is 1.00 e. The maximum absolute atomic E-state index is 13.0. The summed E-state index contributed by atoms with van der Waals surface area (Å²) in [6.07, 6.45) is -5.33. The molecule has 0 aliphatic rings. The first-order valence-electron chi connectivity index (χ1n) is 8.03. The molecule has 36 heavy (non-hydrogen) atoms. The van der Waals surface area contributed by atoms with Crippen LogP contribution in [-0.4, -0.2) is 45.0 Å². The van der Waals surface area contributed by atoms with E-state index in [0.717, 1.165) is 5.32 Å².